The first-order valence-corrected chi connectivity index (χ1v) is 9.21. The van der Waals surface area contributed by atoms with Crippen molar-refractivity contribution in [2.45, 2.75) is 51.0 Å². The number of urea groups is 1. The van der Waals surface area contributed by atoms with Gasteiger partial charge in [-0.15, -0.1) is 0 Å². The lowest BCUT2D eigenvalue weighted by atomic mass is 9.76. The molecule has 2 heterocycles. The third-order valence-electron chi connectivity index (χ3n) is 5.84. The number of amides is 2. The first kappa shape index (κ1) is 18.1. The molecule has 0 aliphatic carbocycles. The maximum Gasteiger partial charge on any atom is 0.322 e. The number of nitrogens with one attached hydrogen (secondary N) is 1. The van der Waals surface area contributed by atoms with Crippen LogP contribution in [0.5, 0.6) is 5.75 Å². The second-order valence-electron chi connectivity index (χ2n) is 8.52. The molecule has 0 bridgehead atoms. The summed E-state index contributed by atoms with van der Waals surface area (Å²) in [4.78, 5) is 17.3. The summed E-state index contributed by atoms with van der Waals surface area (Å²) in [6, 6.07) is 6.05. The molecule has 5 nitrogen and oxygen atoms in total. The predicted octanol–water partition coefficient (Wildman–Crippen LogP) is 3.69. The molecule has 2 aliphatic heterocycles. The van der Waals surface area contributed by atoms with Crippen molar-refractivity contribution in [3.63, 3.8) is 0 Å². The Morgan fingerprint density at radius 3 is 2.32 bits per heavy atom. The van der Waals surface area contributed by atoms with Gasteiger partial charge in [-0.2, -0.15) is 0 Å². The van der Waals surface area contributed by atoms with Crippen molar-refractivity contribution < 1.29 is 9.53 Å². The van der Waals surface area contributed by atoms with Crippen molar-refractivity contribution in [2.24, 2.45) is 0 Å². The quantitative estimate of drug-likeness (QED) is 0.889. The number of nitrogens with zero attached hydrogens (tertiary/aromatic N) is 2. The Hall–Kier alpha value is -1.75. The summed E-state index contributed by atoms with van der Waals surface area (Å²) in [5.41, 5.74) is 2.03. The second-order valence-corrected chi connectivity index (χ2v) is 8.52. The maximum atomic E-state index is 12.9. The van der Waals surface area contributed by atoms with E-state index in [1.165, 1.54) is 5.56 Å². The number of likely N-dealkylation sites (tertiary alicyclic amines) is 2. The number of anilines is 1. The summed E-state index contributed by atoms with van der Waals surface area (Å²) in [6.07, 6.45) is 3.25. The van der Waals surface area contributed by atoms with Crippen molar-refractivity contribution >= 4 is 11.7 Å². The molecular weight excluding hydrogens is 314 g/mol. The van der Waals surface area contributed by atoms with E-state index in [1.807, 2.05) is 17.0 Å². The molecule has 1 aromatic rings. The molecule has 3 rings (SSSR count). The number of piperidine rings is 1. The third-order valence-corrected chi connectivity index (χ3v) is 5.84. The molecule has 0 aromatic heterocycles. The SMILES string of the molecule is COc1ccc(C(C)(C)C)cc1NC(=O)N1CCC12CCN(C)CC2. The fourth-order valence-corrected chi connectivity index (χ4v) is 3.87. The van der Waals surface area contributed by atoms with Gasteiger partial charge < -0.3 is 19.9 Å². The van der Waals surface area contributed by atoms with Gasteiger partial charge in [-0.1, -0.05) is 26.8 Å². The van der Waals surface area contributed by atoms with Crippen LogP contribution in [-0.4, -0.2) is 55.2 Å². The van der Waals surface area contributed by atoms with Crippen LogP contribution >= 0.6 is 0 Å². The van der Waals surface area contributed by atoms with Crippen molar-refractivity contribution in [1.29, 1.82) is 0 Å². The van der Waals surface area contributed by atoms with E-state index in [2.05, 4.69) is 44.1 Å². The Bertz CT molecular complexity index is 643. The highest BCUT2D eigenvalue weighted by molar-refractivity contribution is 5.92. The number of carbonyl (C=O) groups excluding carboxylic acids is 1. The van der Waals surface area contributed by atoms with E-state index in [0.29, 0.717) is 5.75 Å². The smallest absolute Gasteiger partial charge is 0.322 e. The Morgan fingerprint density at radius 1 is 1.16 bits per heavy atom. The van der Waals surface area contributed by atoms with E-state index < -0.39 is 0 Å². The minimum Gasteiger partial charge on any atom is -0.495 e. The highest BCUT2D eigenvalue weighted by atomic mass is 16.5. The number of benzene rings is 1. The molecule has 0 radical (unpaired) electrons. The minimum absolute atomic E-state index is 0.000150. The summed E-state index contributed by atoms with van der Waals surface area (Å²) in [7, 11) is 3.79. The van der Waals surface area contributed by atoms with Gasteiger partial charge in [-0.25, -0.2) is 4.79 Å². The largest absolute Gasteiger partial charge is 0.495 e. The molecule has 0 saturated carbocycles. The van der Waals surface area contributed by atoms with Crippen LogP contribution in [0.25, 0.3) is 0 Å². The van der Waals surface area contributed by atoms with E-state index in [9.17, 15) is 4.79 Å². The van der Waals surface area contributed by atoms with Crippen molar-refractivity contribution in [2.75, 3.05) is 39.1 Å². The lowest BCUT2D eigenvalue weighted by Crippen LogP contribution is -2.66. The molecule has 25 heavy (non-hydrogen) atoms. The number of rotatable bonds is 2. The van der Waals surface area contributed by atoms with Gasteiger partial charge in [-0.3, -0.25) is 0 Å². The first-order chi connectivity index (χ1) is 11.7. The van der Waals surface area contributed by atoms with Crippen LogP contribution in [0.15, 0.2) is 18.2 Å². The van der Waals surface area contributed by atoms with E-state index in [-0.39, 0.29) is 17.0 Å². The first-order valence-electron chi connectivity index (χ1n) is 9.21. The van der Waals surface area contributed by atoms with E-state index >= 15 is 0 Å². The summed E-state index contributed by atoms with van der Waals surface area (Å²) in [5, 5.41) is 3.11. The molecule has 0 unspecified atom stereocenters. The van der Waals surface area contributed by atoms with E-state index in [1.54, 1.807) is 7.11 Å². The lowest BCUT2D eigenvalue weighted by molar-refractivity contribution is -0.0166. The van der Waals surface area contributed by atoms with Gasteiger partial charge >= 0.3 is 6.03 Å². The zero-order valence-corrected chi connectivity index (χ0v) is 16.2. The number of methoxy groups -OCH3 is 1. The minimum atomic E-state index is 0.000150. The van der Waals surface area contributed by atoms with Gasteiger partial charge in [0.15, 0.2) is 0 Å². The van der Waals surface area contributed by atoms with Gasteiger partial charge in [0.2, 0.25) is 0 Å². The normalized spacial score (nSPS) is 20.3. The highest BCUT2D eigenvalue weighted by Gasteiger charge is 2.48. The van der Waals surface area contributed by atoms with Crippen LogP contribution in [0, 0.1) is 0 Å². The monoisotopic (exact) mass is 345 g/mol. The van der Waals surface area contributed by atoms with Gasteiger partial charge in [0.05, 0.1) is 12.8 Å². The van der Waals surface area contributed by atoms with Crippen LogP contribution in [0.4, 0.5) is 10.5 Å². The highest BCUT2D eigenvalue weighted by Crippen LogP contribution is 2.40. The van der Waals surface area contributed by atoms with Crippen LogP contribution in [0.2, 0.25) is 0 Å². The number of hydrogen-bond acceptors (Lipinski definition) is 3. The Kier molecular flexibility index (Phi) is 4.71. The van der Waals surface area contributed by atoms with Crippen molar-refractivity contribution in [3.8, 4) is 5.75 Å². The van der Waals surface area contributed by atoms with Crippen LogP contribution in [-0.2, 0) is 5.41 Å². The summed E-state index contributed by atoms with van der Waals surface area (Å²) < 4.78 is 5.46. The molecule has 1 spiro atoms. The average molecular weight is 345 g/mol. The molecule has 2 amide bonds. The summed E-state index contributed by atoms with van der Waals surface area (Å²) >= 11 is 0. The standard InChI is InChI=1S/C20H31N3O2/c1-19(2,3)15-6-7-17(25-5)16(14-15)21-18(24)23-13-10-20(23)8-11-22(4)12-9-20/h6-7,14H,8-13H2,1-5H3,(H,21,24). The van der Waals surface area contributed by atoms with Crippen molar-refractivity contribution in [3.05, 3.63) is 23.8 Å². The number of hydrogen-bond donors (Lipinski definition) is 1. The summed E-state index contributed by atoms with van der Waals surface area (Å²) in [5.74, 6) is 0.708. The summed E-state index contributed by atoms with van der Waals surface area (Å²) in [6.45, 7) is 9.48. The molecule has 0 atom stereocenters. The van der Waals surface area contributed by atoms with Crippen LogP contribution in [0.1, 0.15) is 45.6 Å². The Morgan fingerprint density at radius 2 is 1.80 bits per heavy atom. The Balaban J connectivity index is 1.77. The maximum absolute atomic E-state index is 12.9. The van der Waals surface area contributed by atoms with Crippen molar-refractivity contribution in [1.82, 2.24) is 9.80 Å². The zero-order valence-electron chi connectivity index (χ0n) is 16.2. The predicted molar refractivity (Wildman–Crippen MR) is 101 cm³/mol. The topological polar surface area (TPSA) is 44.8 Å². The number of carbonyl (C=O) groups is 1. The lowest BCUT2D eigenvalue weighted by Gasteiger charge is -2.56. The van der Waals surface area contributed by atoms with Crippen LogP contribution < -0.4 is 10.1 Å². The fourth-order valence-electron chi connectivity index (χ4n) is 3.87. The molecule has 138 valence electrons. The number of ether oxygens (including phenoxy) is 1. The second kappa shape index (κ2) is 6.52. The van der Waals surface area contributed by atoms with E-state index in [0.717, 1.165) is 44.6 Å². The molecule has 1 N–H and O–H groups in total. The molecule has 2 saturated heterocycles. The average Bonchev–Trinajstić information content (AvgIpc) is 2.53. The zero-order chi connectivity index (χ0) is 18.2. The molecule has 5 heteroatoms. The van der Waals surface area contributed by atoms with Gasteiger partial charge in [0.25, 0.3) is 0 Å². The van der Waals surface area contributed by atoms with Gasteiger partial charge in [0.1, 0.15) is 5.75 Å². The fraction of sp³-hybridized carbons (Fsp3) is 0.650. The van der Waals surface area contributed by atoms with Crippen LogP contribution in [0.3, 0.4) is 0 Å². The van der Waals surface area contributed by atoms with Gasteiger partial charge in [0, 0.05) is 25.2 Å². The molecular formula is C20H31N3O2. The molecule has 1 aromatic carbocycles. The van der Waals surface area contributed by atoms with Gasteiger partial charge in [-0.05, 0) is 49.4 Å². The third kappa shape index (κ3) is 3.47. The molecule has 2 aliphatic rings. The Labute approximate surface area is 151 Å². The molecule has 2 fully saturated rings. The van der Waals surface area contributed by atoms with E-state index in [4.69, 9.17) is 4.74 Å².